The Hall–Kier alpha value is -1.77. The number of nitrogens with one attached hydrogen (secondary N) is 1. The molecule has 1 atom stereocenters. The van der Waals surface area contributed by atoms with Crippen LogP contribution in [0.4, 0.5) is 0 Å². The first-order valence-corrected chi connectivity index (χ1v) is 7.67. The minimum Gasteiger partial charge on any atom is -0.308 e. The Morgan fingerprint density at radius 2 is 2.20 bits per heavy atom. The maximum absolute atomic E-state index is 8.94. The van der Waals surface area contributed by atoms with Gasteiger partial charge in [-0.1, -0.05) is 37.3 Å². The molecule has 0 aliphatic heterocycles. The molecule has 1 aromatic heterocycles. The van der Waals surface area contributed by atoms with Gasteiger partial charge in [0.1, 0.15) is 10.0 Å². The number of rotatable bonds is 6. The first-order chi connectivity index (χ1) is 9.78. The molecule has 0 aliphatic carbocycles. The molecule has 20 heavy (non-hydrogen) atoms. The second-order valence-corrected chi connectivity index (χ2v) is 5.56. The van der Waals surface area contributed by atoms with Gasteiger partial charge in [0.15, 0.2) is 0 Å². The van der Waals surface area contributed by atoms with Gasteiger partial charge in [0, 0.05) is 5.56 Å². The summed E-state index contributed by atoms with van der Waals surface area (Å²) in [5.41, 5.74) is 1.61. The van der Waals surface area contributed by atoms with Crippen LogP contribution in [0, 0.1) is 11.3 Å². The summed E-state index contributed by atoms with van der Waals surface area (Å²) in [6.07, 6.45) is 2.10. The number of benzene rings is 1. The van der Waals surface area contributed by atoms with Gasteiger partial charge in [0.2, 0.25) is 0 Å². The van der Waals surface area contributed by atoms with Crippen LogP contribution in [0.2, 0.25) is 0 Å². The molecule has 1 N–H and O–H groups in total. The third-order valence-corrected chi connectivity index (χ3v) is 4.11. The van der Waals surface area contributed by atoms with Crippen molar-refractivity contribution in [1.82, 2.24) is 15.5 Å². The summed E-state index contributed by atoms with van der Waals surface area (Å²) in [6, 6.07) is 9.90. The van der Waals surface area contributed by atoms with Crippen LogP contribution in [0.3, 0.4) is 0 Å². The minimum atomic E-state index is 0.264. The average molecular weight is 286 g/mol. The van der Waals surface area contributed by atoms with Crippen LogP contribution >= 0.6 is 11.3 Å². The van der Waals surface area contributed by atoms with E-state index in [1.54, 1.807) is 17.4 Å². The molecule has 0 aliphatic rings. The molecule has 1 heterocycles. The van der Waals surface area contributed by atoms with Gasteiger partial charge in [-0.3, -0.25) is 0 Å². The van der Waals surface area contributed by atoms with Crippen molar-refractivity contribution in [3.63, 3.8) is 0 Å². The van der Waals surface area contributed by atoms with Crippen molar-refractivity contribution in [1.29, 1.82) is 5.26 Å². The lowest BCUT2D eigenvalue weighted by molar-refractivity contribution is 0.513. The van der Waals surface area contributed by atoms with Crippen LogP contribution in [0.15, 0.2) is 24.3 Å². The summed E-state index contributed by atoms with van der Waals surface area (Å²) in [5.74, 6) is 0. The molecule has 1 unspecified atom stereocenters. The lowest BCUT2D eigenvalue weighted by atomic mass is 10.1. The zero-order valence-electron chi connectivity index (χ0n) is 11.8. The molecule has 2 rings (SSSR count). The van der Waals surface area contributed by atoms with Gasteiger partial charge >= 0.3 is 0 Å². The van der Waals surface area contributed by atoms with Gasteiger partial charge in [-0.2, -0.15) is 5.26 Å². The second-order valence-electron chi connectivity index (χ2n) is 4.55. The van der Waals surface area contributed by atoms with Crippen LogP contribution in [0.25, 0.3) is 10.6 Å². The van der Waals surface area contributed by atoms with E-state index in [1.165, 1.54) is 0 Å². The van der Waals surface area contributed by atoms with E-state index in [0.717, 1.165) is 35.0 Å². The fourth-order valence-electron chi connectivity index (χ4n) is 1.94. The van der Waals surface area contributed by atoms with Crippen molar-refractivity contribution in [2.75, 3.05) is 6.54 Å². The number of hydrogen-bond donors (Lipinski definition) is 1. The van der Waals surface area contributed by atoms with Gasteiger partial charge in [0.25, 0.3) is 0 Å². The van der Waals surface area contributed by atoms with Crippen molar-refractivity contribution >= 4 is 11.3 Å². The Balaban J connectivity index is 2.21. The number of nitrogens with zero attached hydrogens (tertiary/aromatic N) is 3. The lowest BCUT2D eigenvalue weighted by Gasteiger charge is -2.12. The number of hydrogen-bond acceptors (Lipinski definition) is 5. The third kappa shape index (κ3) is 3.41. The molecule has 1 aromatic carbocycles. The first-order valence-electron chi connectivity index (χ1n) is 6.85. The van der Waals surface area contributed by atoms with Crippen molar-refractivity contribution in [2.24, 2.45) is 0 Å². The molecule has 2 aromatic rings. The summed E-state index contributed by atoms with van der Waals surface area (Å²) < 4.78 is 0. The second kappa shape index (κ2) is 7.13. The van der Waals surface area contributed by atoms with Crippen LogP contribution in [0.5, 0.6) is 0 Å². The molecular weight excluding hydrogens is 268 g/mol. The maximum atomic E-state index is 8.94. The molecule has 0 amide bonds. The molecule has 0 spiro atoms. The van der Waals surface area contributed by atoms with Gasteiger partial charge in [-0.15, -0.1) is 10.2 Å². The Morgan fingerprint density at radius 1 is 1.35 bits per heavy atom. The molecular formula is C15H18N4S. The SMILES string of the molecule is CCCNC(CC)c1nnc(-c2cccc(C#N)c2)s1. The molecule has 104 valence electrons. The van der Waals surface area contributed by atoms with E-state index in [4.69, 9.17) is 5.26 Å². The normalized spacial score (nSPS) is 12.1. The third-order valence-electron chi connectivity index (χ3n) is 3.03. The quantitative estimate of drug-likeness (QED) is 0.882. The standard InChI is InChI=1S/C15H18N4S/c1-3-8-17-13(4-2)15-19-18-14(20-15)12-7-5-6-11(9-12)10-16/h5-7,9,13,17H,3-4,8H2,1-2H3. The monoisotopic (exact) mass is 286 g/mol. The maximum Gasteiger partial charge on any atom is 0.147 e. The highest BCUT2D eigenvalue weighted by Crippen LogP contribution is 2.28. The van der Waals surface area contributed by atoms with E-state index in [-0.39, 0.29) is 6.04 Å². The van der Waals surface area contributed by atoms with Gasteiger partial charge in [-0.05, 0) is 31.5 Å². The van der Waals surface area contributed by atoms with Crippen LogP contribution in [-0.4, -0.2) is 16.7 Å². The lowest BCUT2D eigenvalue weighted by Crippen LogP contribution is -2.21. The fraction of sp³-hybridized carbons (Fsp3) is 0.400. The smallest absolute Gasteiger partial charge is 0.147 e. The minimum absolute atomic E-state index is 0.264. The summed E-state index contributed by atoms with van der Waals surface area (Å²) in [4.78, 5) is 0. The zero-order chi connectivity index (χ0) is 14.4. The summed E-state index contributed by atoms with van der Waals surface area (Å²) in [6.45, 7) is 5.28. The van der Waals surface area contributed by atoms with E-state index in [2.05, 4.69) is 35.4 Å². The molecule has 0 saturated carbocycles. The van der Waals surface area contributed by atoms with Crippen molar-refractivity contribution in [3.8, 4) is 16.6 Å². The molecule has 0 saturated heterocycles. The number of aromatic nitrogens is 2. The van der Waals surface area contributed by atoms with Gasteiger partial charge < -0.3 is 5.32 Å². The van der Waals surface area contributed by atoms with Crippen LogP contribution in [0.1, 0.15) is 43.3 Å². The molecule has 0 radical (unpaired) electrons. The van der Waals surface area contributed by atoms with E-state index >= 15 is 0 Å². The summed E-state index contributed by atoms with van der Waals surface area (Å²) in [5, 5.41) is 22.9. The van der Waals surface area contributed by atoms with E-state index < -0.39 is 0 Å². The van der Waals surface area contributed by atoms with Crippen molar-refractivity contribution in [2.45, 2.75) is 32.7 Å². The average Bonchev–Trinajstić information content (AvgIpc) is 2.98. The topological polar surface area (TPSA) is 61.6 Å². The highest BCUT2D eigenvalue weighted by molar-refractivity contribution is 7.14. The highest BCUT2D eigenvalue weighted by atomic mass is 32.1. The van der Waals surface area contributed by atoms with Gasteiger partial charge in [-0.25, -0.2) is 0 Å². The number of nitriles is 1. The Kier molecular flexibility index (Phi) is 5.22. The van der Waals surface area contributed by atoms with E-state index in [9.17, 15) is 0 Å². The van der Waals surface area contributed by atoms with Crippen molar-refractivity contribution in [3.05, 3.63) is 34.8 Å². The summed E-state index contributed by atoms with van der Waals surface area (Å²) >= 11 is 1.59. The van der Waals surface area contributed by atoms with E-state index in [1.807, 2.05) is 18.2 Å². The summed E-state index contributed by atoms with van der Waals surface area (Å²) in [7, 11) is 0. The first kappa shape index (κ1) is 14.6. The Bertz CT molecular complexity index is 600. The van der Waals surface area contributed by atoms with Crippen LogP contribution < -0.4 is 5.32 Å². The molecule has 0 bridgehead atoms. The molecule has 0 fully saturated rings. The predicted octanol–water partition coefficient (Wildman–Crippen LogP) is 3.53. The van der Waals surface area contributed by atoms with Crippen molar-refractivity contribution < 1.29 is 0 Å². The van der Waals surface area contributed by atoms with Crippen LogP contribution in [-0.2, 0) is 0 Å². The molecule has 5 heteroatoms. The fourth-order valence-corrected chi connectivity index (χ4v) is 2.94. The predicted molar refractivity (Wildman–Crippen MR) is 81.4 cm³/mol. The Labute approximate surface area is 123 Å². The Morgan fingerprint density at radius 3 is 2.90 bits per heavy atom. The van der Waals surface area contributed by atoms with E-state index in [0.29, 0.717) is 5.56 Å². The largest absolute Gasteiger partial charge is 0.308 e. The zero-order valence-corrected chi connectivity index (χ0v) is 12.6. The van der Waals surface area contributed by atoms with Gasteiger partial charge in [0.05, 0.1) is 17.7 Å². The molecule has 4 nitrogen and oxygen atoms in total. The highest BCUT2D eigenvalue weighted by Gasteiger charge is 2.15.